The van der Waals surface area contributed by atoms with Gasteiger partial charge in [-0.3, -0.25) is 9.78 Å². The second kappa shape index (κ2) is 8.14. The number of anilines is 1. The van der Waals surface area contributed by atoms with E-state index in [0.29, 0.717) is 11.5 Å². The van der Waals surface area contributed by atoms with Gasteiger partial charge in [-0.15, -0.1) is 0 Å². The van der Waals surface area contributed by atoms with Crippen molar-refractivity contribution in [3.05, 3.63) is 84.2 Å². The molecule has 1 fully saturated rings. The van der Waals surface area contributed by atoms with Crippen LogP contribution in [-0.4, -0.2) is 24.1 Å². The maximum atomic E-state index is 12.7. The van der Waals surface area contributed by atoms with E-state index in [4.69, 9.17) is 4.74 Å². The summed E-state index contributed by atoms with van der Waals surface area (Å²) in [4.78, 5) is 16.8. The van der Waals surface area contributed by atoms with Gasteiger partial charge in [-0.1, -0.05) is 24.3 Å². The zero-order chi connectivity index (χ0) is 18.5. The average molecular weight is 358 g/mol. The summed E-state index contributed by atoms with van der Waals surface area (Å²) in [7, 11) is 0. The van der Waals surface area contributed by atoms with Crippen LogP contribution in [0.15, 0.2) is 73.1 Å². The molecule has 0 aliphatic carbocycles. The van der Waals surface area contributed by atoms with Crippen molar-refractivity contribution in [3.8, 4) is 11.1 Å². The first-order chi connectivity index (χ1) is 13.3. The van der Waals surface area contributed by atoms with Crippen molar-refractivity contribution in [2.75, 3.05) is 18.5 Å². The number of aromatic nitrogens is 1. The van der Waals surface area contributed by atoms with E-state index in [1.54, 1.807) is 12.4 Å². The molecule has 2 aromatic carbocycles. The van der Waals surface area contributed by atoms with Crippen molar-refractivity contribution in [3.63, 3.8) is 0 Å². The fraction of sp³-hybridized carbons (Fsp3) is 0.217. The van der Waals surface area contributed by atoms with Crippen molar-refractivity contribution in [2.24, 2.45) is 0 Å². The van der Waals surface area contributed by atoms with Crippen molar-refractivity contribution >= 4 is 11.6 Å². The van der Waals surface area contributed by atoms with E-state index in [1.807, 2.05) is 54.6 Å². The Morgan fingerprint density at radius 2 is 1.85 bits per heavy atom. The number of amides is 1. The Morgan fingerprint density at radius 1 is 1.00 bits per heavy atom. The molecule has 1 amide bonds. The van der Waals surface area contributed by atoms with Crippen LogP contribution >= 0.6 is 0 Å². The average Bonchev–Trinajstić information content (AvgIpc) is 2.75. The molecule has 1 aromatic heterocycles. The van der Waals surface area contributed by atoms with Gasteiger partial charge in [-0.05, 0) is 65.9 Å². The first kappa shape index (κ1) is 17.4. The van der Waals surface area contributed by atoms with Crippen LogP contribution < -0.4 is 5.32 Å². The Balaban J connectivity index is 1.51. The van der Waals surface area contributed by atoms with Crippen LogP contribution in [0.5, 0.6) is 0 Å². The van der Waals surface area contributed by atoms with E-state index >= 15 is 0 Å². The van der Waals surface area contributed by atoms with Gasteiger partial charge < -0.3 is 10.1 Å². The molecule has 1 unspecified atom stereocenters. The highest BCUT2D eigenvalue weighted by Gasteiger charge is 2.17. The summed E-state index contributed by atoms with van der Waals surface area (Å²) in [6.07, 6.45) is 5.71. The fourth-order valence-corrected chi connectivity index (χ4v) is 3.46. The predicted octanol–water partition coefficient (Wildman–Crippen LogP) is 4.89. The number of hydrogen-bond acceptors (Lipinski definition) is 3. The summed E-state index contributed by atoms with van der Waals surface area (Å²) in [6.45, 7) is 1.57. The van der Waals surface area contributed by atoms with Crippen LogP contribution in [0.4, 0.5) is 5.69 Å². The Bertz CT molecular complexity index is 918. The molecule has 2 heterocycles. The third kappa shape index (κ3) is 4.23. The normalized spacial score (nSPS) is 16.7. The molecule has 136 valence electrons. The Kier molecular flexibility index (Phi) is 5.26. The van der Waals surface area contributed by atoms with Gasteiger partial charge in [0.2, 0.25) is 0 Å². The Hall–Kier alpha value is -2.98. The molecule has 1 atom stereocenters. The summed E-state index contributed by atoms with van der Waals surface area (Å²) in [5.74, 6) is 0.280. The minimum atomic E-state index is -0.0968. The number of nitrogens with zero attached hydrogens (tertiary/aromatic N) is 1. The Morgan fingerprint density at radius 3 is 2.67 bits per heavy atom. The first-order valence-electron chi connectivity index (χ1n) is 9.29. The molecule has 27 heavy (non-hydrogen) atoms. The molecule has 4 rings (SSSR count). The summed E-state index contributed by atoms with van der Waals surface area (Å²) >= 11 is 0. The second-order valence-electron chi connectivity index (χ2n) is 6.81. The van der Waals surface area contributed by atoms with Crippen LogP contribution in [0, 0.1) is 0 Å². The smallest absolute Gasteiger partial charge is 0.255 e. The van der Waals surface area contributed by atoms with Crippen LogP contribution in [-0.2, 0) is 4.74 Å². The molecule has 1 aliphatic heterocycles. The molecule has 1 aliphatic rings. The van der Waals surface area contributed by atoms with Gasteiger partial charge in [0.05, 0.1) is 6.61 Å². The van der Waals surface area contributed by atoms with Gasteiger partial charge in [0.15, 0.2) is 0 Å². The number of nitrogens with one attached hydrogen (secondary N) is 1. The summed E-state index contributed by atoms with van der Waals surface area (Å²) in [5, 5.41) is 3.01. The fourth-order valence-electron chi connectivity index (χ4n) is 3.46. The number of carbonyl (C=O) groups excluding carboxylic acids is 1. The highest BCUT2D eigenvalue weighted by Crippen LogP contribution is 2.26. The molecular formula is C23H22N2O2. The molecule has 3 aromatic rings. The summed E-state index contributed by atoms with van der Waals surface area (Å²) < 4.78 is 5.58. The molecule has 0 saturated carbocycles. The lowest BCUT2D eigenvalue weighted by Crippen LogP contribution is -2.17. The van der Waals surface area contributed by atoms with Crippen LogP contribution in [0.2, 0.25) is 0 Å². The molecule has 4 heteroatoms. The zero-order valence-corrected chi connectivity index (χ0v) is 15.1. The van der Waals surface area contributed by atoms with E-state index in [1.165, 1.54) is 5.56 Å². The first-order valence-corrected chi connectivity index (χ1v) is 9.29. The van der Waals surface area contributed by atoms with Gasteiger partial charge >= 0.3 is 0 Å². The number of benzene rings is 2. The van der Waals surface area contributed by atoms with Gasteiger partial charge in [0.25, 0.3) is 5.91 Å². The van der Waals surface area contributed by atoms with Crippen molar-refractivity contribution in [2.45, 2.75) is 18.8 Å². The topological polar surface area (TPSA) is 51.2 Å². The number of pyridine rings is 1. The van der Waals surface area contributed by atoms with Crippen molar-refractivity contribution < 1.29 is 9.53 Å². The molecule has 0 spiro atoms. The highest BCUT2D eigenvalue weighted by molar-refractivity contribution is 6.04. The molecule has 0 bridgehead atoms. The molecular weight excluding hydrogens is 336 g/mol. The van der Waals surface area contributed by atoms with Crippen LogP contribution in [0.3, 0.4) is 0 Å². The number of carbonyl (C=O) groups is 1. The lowest BCUT2D eigenvalue weighted by molar-refractivity contribution is 0.0803. The lowest BCUT2D eigenvalue weighted by atomic mass is 9.92. The van der Waals surface area contributed by atoms with E-state index in [0.717, 1.165) is 42.9 Å². The van der Waals surface area contributed by atoms with Crippen molar-refractivity contribution in [1.29, 1.82) is 0 Å². The molecule has 1 saturated heterocycles. The van der Waals surface area contributed by atoms with Crippen LogP contribution in [0.25, 0.3) is 11.1 Å². The SMILES string of the molecule is O=C(Nc1cccc(-c2ccncc2)c1)c1cccc(C2CCCOC2)c1. The molecule has 0 radical (unpaired) electrons. The van der Waals surface area contributed by atoms with Gasteiger partial charge in [-0.2, -0.15) is 0 Å². The highest BCUT2D eigenvalue weighted by atomic mass is 16.5. The number of ether oxygens (including phenoxy) is 1. The van der Waals surface area contributed by atoms with Crippen molar-refractivity contribution in [1.82, 2.24) is 4.98 Å². The van der Waals surface area contributed by atoms with Gasteiger partial charge in [-0.25, -0.2) is 0 Å². The third-order valence-corrected chi connectivity index (χ3v) is 4.91. The predicted molar refractivity (Wildman–Crippen MR) is 107 cm³/mol. The van der Waals surface area contributed by atoms with E-state index in [9.17, 15) is 4.79 Å². The molecule has 4 nitrogen and oxygen atoms in total. The third-order valence-electron chi connectivity index (χ3n) is 4.91. The van der Waals surface area contributed by atoms with Gasteiger partial charge in [0, 0.05) is 36.2 Å². The van der Waals surface area contributed by atoms with Gasteiger partial charge in [0.1, 0.15) is 0 Å². The van der Waals surface area contributed by atoms with E-state index in [2.05, 4.69) is 16.4 Å². The minimum absolute atomic E-state index is 0.0968. The standard InChI is InChI=1S/C23H22N2O2/c26-23(20-6-1-4-18(14-20)21-7-3-13-27-16-21)25-22-8-2-5-19(15-22)17-9-11-24-12-10-17/h1-2,4-6,8-12,14-15,21H,3,7,13,16H2,(H,25,26). The lowest BCUT2D eigenvalue weighted by Gasteiger charge is -2.22. The van der Waals surface area contributed by atoms with Crippen LogP contribution in [0.1, 0.15) is 34.7 Å². The maximum Gasteiger partial charge on any atom is 0.255 e. The number of hydrogen-bond donors (Lipinski definition) is 1. The largest absolute Gasteiger partial charge is 0.381 e. The summed E-state index contributed by atoms with van der Waals surface area (Å²) in [6, 6.07) is 19.6. The molecule has 1 N–H and O–H groups in total. The zero-order valence-electron chi connectivity index (χ0n) is 15.1. The van der Waals surface area contributed by atoms with E-state index < -0.39 is 0 Å². The minimum Gasteiger partial charge on any atom is -0.381 e. The summed E-state index contributed by atoms with van der Waals surface area (Å²) in [5.41, 5.74) is 4.74. The second-order valence-corrected chi connectivity index (χ2v) is 6.81. The number of rotatable bonds is 4. The quantitative estimate of drug-likeness (QED) is 0.722. The monoisotopic (exact) mass is 358 g/mol. The Labute approximate surface area is 159 Å². The van der Waals surface area contributed by atoms with E-state index in [-0.39, 0.29) is 5.91 Å². The maximum absolute atomic E-state index is 12.7.